The molecule has 1 fully saturated rings. The summed E-state index contributed by atoms with van der Waals surface area (Å²) in [6, 6.07) is 12.6. The molecule has 1 saturated carbocycles. The number of amides is 2. The molecule has 0 atom stereocenters. The maximum absolute atomic E-state index is 12.8. The summed E-state index contributed by atoms with van der Waals surface area (Å²) in [5.74, 6) is 0.734. The van der Waals surface area contributed by atoms with Crippen LogP contribution >= 0.6 is 0 Å². The van der Waals surface area contributed by atoms with Crippen LogP contribution in [-0.2, 0) is 10.0 Å². The van der Waals surface area contributed by atoms with Crippen LogP contribution in [0.1, 0.15) is 50.6 Å². The smallest absolute Gasteiger partial charge is 0.307 e. The van der Waals surface area contributed by atoms with Crippen molar-refractivity contribution < 1.29 is 26.4 Å². The van der Waals surface area contributed by atoms with E-state index in [4.69, 9.17) is 0 Å². The second kappa shape index (κ2) is 10.5. The largest absolute Gasteiger partial charge is 0.402 e. The molecule has 12 heteroatoms. The highest BCUT2D eigenvalue weighted by Gasteiger charge is 2.30. The van der Waals surface area contributed by atoms with Crippen LogP contribution < -0.4 is 15.4 Å². The average Bonchev–Trinajstić information content (AvgIpc) is 3.25. The second-order valence-corrected chi connectivity index (χ2v) is 11.0. The van der Waals surface area contributed by atoms with Gasteiger partial charge in [0.05, 0.1) is 10.6 Å². The standard InChI is InChI=1S/C25H28F3N5O3S/c1-16(2)33-12-11-23(32-33)31-24(34)30-22-14-20(37(35,36)29-15-25(26,27)28)9-10-21(22)19-8-4-7-18(13-19)17-5-3-6-17/h4,7-14,16-17,29H,3,5-6,15H2,1-2H3,(H2,30,31,32,34). The van der Waals surface area contributed by atoms with Gasteiger partial charge >= 0.3 is 12.2 Å². The van der Waals surface area contributed by atoms with Crippen LogP contribution in [-0.4, -0.2) is 37.0 Å². The summed E-state index contributed by atoms with van der Waals surface area (Å²) in [5, 5.41) is 9.50. The van der Waals surface area contributed by atoms with E-state index in [-0.39, 0.29) is 17.5 Å². The lowest BCUT2D eigenvalue weighted by molar-refractivity contribution is -0.121. The average molecular weight is 536 g/mol. The highest BCUT2D eigenvalue weighted by atomic mass is 32.2. The first-order valence-corrected chi connectivity index (χ1v) is 13.3. The van der Waals surface area contributed by atoms with E-state index in [2.05, 4.69) is 15.7 Å². The lowest BCUT2D eigenvalue weighted by atomic mass is 9.79. The van der Waals surface area contributed by atoms with E-state index in [1.54, 1.807) is 21.7 Å². The topological polar surface area (TPSA) is 105 Å². The number of sulfonamides is 1. The Morgan fingerprint density at radius 2 is 1.86 bits per heavy atom. The molecular formula is C25H28F3N5O3S. The minimum atomic E-state index is -4.71. The molecule has 0 bridgehead atoms. The summed E-state index contributed by atoms with van der Waals surface area (Å²) in [6.45, 7) is 2.15. The van der Waals surface area contributed by atoms with E-state index < -0.39 is 33.7 Å². The molecular weight excluding hydrogens is 507 g/mol. The summed E-state index contributed by atoms with van der Waals surface area (Å²) in [5.41, 5.74) is 2.54. The number of carbonyl (C=O) groups excluding carboxylic acids is 1. The monoisotopic (exact) mass is 535 g/mol. The summed E-state index contributed by atoms with van der Waals surface area (Å²) in [6.07, 6.45) is 0.322. The van der Waals surface area contributed by atoms with E-state index in [0.29, 0.717) is 11.5 Å². The Labute approximate surface area is 213 Å². The normalized spacial score (nSPS) is 14.4. The molecule has 4 rings (SSSR count). The van der Waals surface area contributed by atoms with E-state index in [1.165, 1.54) is 12.1 Å². The molecule has 3 N–H and O–H groups in total. The summed E-state index contributed by atoms with van der Waals surface area (Å²) < 4.78 is 66.2. The van der Waals surface area contributed by atoms with E-state index >= 15 is 0 Å². The Morgan fingerprint density at radius 3 is 2.49 bits per heavy atom. The van der Waals surface area contributed by atoms with Gasteiger partial charge in [-0.25, -0.2) is 17.9 Å². The quantitative estimate of drug-likeness (QED) is 0.335. The van der Waals surface area contributed by atoms with Crippen molar-refractivity contribution in [2.24, 2.45) is 0 Å². The fourth-order valence-electron chi connectivity index (χ4n) is 3.97. The second-order valence-electron chi connectivity index (χ2n) is 9.25. The van der Waals surface area contributed by atoms with Crippen molar-refractivity contribution in [3.63, 3.8) is 0 Å². The van der Waals surface area contributed by atoms with Crippen LogP contribution in [0.4, 0.5) is 29.5 Å². The van der Waals surface area contributed by atoms with Gasteiger partial charge in [-0.15, -0.1) is 0 Å². The molecule has 0 radical (unpaired) electrons. The van der Waals surface area contributed by atoms with Gasteiger partial charge in [0.2, 0.25) is 10.0 Å². The number of alkyl halides is 3. The lowest BCUT2D eigenvalue weighted by Gasteiger charge is -2.26. The van der Waals surface area contributed by atoms with Gasteiger partial charge < -0.3 is 5.32 Å². The molecule has 0 aliphatic heterocycles. The van der Waals surface area contributed by atoms with Gasteiger partial charge in [-0.05, 0) is 55.9 Å². The van der Waals surface area contributed by atoms with Gasteiger partial charge in [0.25, 0.3) is 0 Å². The Kier molecular flexibility index (Phi) is 7.60. The number of aromatic nitrogens is 2. The minimum absolute atomic E-state index is 0.0826. The molecule has 0 unspecified atom stereocenters. The Balaban J connectivity index is 1.66. The maximum atomic E-state index is 12.8. The van der Waals surface area contributed by atoms with Crippen molar-refractivity contribution in [3.05, 3.63) is 60.3 Å². The SMILES string of the molecule is CC(C)n1ccc(NC(=O)Nc2cc(S(=O)(=O)NCC(F)(F)F)ccc2-c2cccc(C3CCC3)c2)n1. The van der Waals surface area contributed by atoms with Crippen LogP contribution in [0.25, 0.3) is 11.1 Å². The highest BCUT2D eigenvalue weighted by Crippen LogP contribution is 2.39. The predicted octanol–water partition coefficient (Wildman–Crippen LogP) is 5.88. The molecule has 3 aromatic rings. The van der Waals surface area contributed by atoms with Crippen molar-refractivity contribution in [1.82, 2.24) is 14.5 Å². The third-order valence-corrected chi connectivity index (χ3v) is 7.56. The van der Waals surface area contributed by atoms with Crippen molar-refractivity contribution in [2.45, 2.75) is 56.1 Å². The number of hydrogen-bond acceptors (Lipinski definition) is 4. The van der Waals surface area contributed by atoms with Crippen molar-refractivity contribution in [2.75, 3.05) is 17.2 Å². The van der Waals surface area contributed by atoms with Crippen LogP contribution in [0.3, 0.4) is 0 Å². The third kappa shape index (κ3) is 6.69. The fraction of sp³-hybridized carbons (Fsp3) is 0.360. The molecule has 198 valence electrons. The molecule has 1 aromatic heterocycles. The molecule has 2 amide bonds. The number of urea groups is 1. The molecule has 0 saturated heterocycles. The number of benzene rings is 2. The zero-order valence-electron chi connectivity index (χ0n) is 20.3. The van der Waals surface area contributed by atoms with Crippen molar-refractivity contribution in [1.29, 1.82) is 0 Å². The number of halogens is 3. The van der Waals surface area contributed by atoms with Gasteiger partial charge in [-0.2, -0.15) is 18.3 Å². The number of nitrogens with zero attached hydrogens (tertiary/aromatic N) is 2. The zero-order valence-corrected chi connectivity index (χ0v) is 21.2. The van der Waals surface area contributed by atoms with Crippen LogP contribution in [0.2, 0.25) is 0 Å². The summed E-state index contributed by atoms with van der Waals surface area (Å²) in [4.78, 5) is 12.4. The van der Waals surface area contributed by atoms with E-state index in [1.807, 2.05) is 38.1 Å². The molecule has 37 heavy (non-hydrogen) atoms. The molecule has 1 heterocycles. The van der Waals surface area contributed by atoms with Gasteiger partial charge in [-0.3, -0.25) is 10.00 Å². The minimum Gasteiger partial charge on any atom is -0.307 e. The van der Waals surface area contributed by atoms with Gasteiger partial charge in [-0.1, -0.05) is 36.8 Å². The van der Waals surface area contributed by atoms with Crippen molar-refractivity contribution in [3.8, 4) is 11.1 Å². The number of rotatable bonds is 8. The maximum Gasteiger partial charge on any atom is 0.402 e. The first-order valence-electron chi connectivity index (χ1n) is 11.9. The van der Waals surface area contributed by atoms with Gasteiger partial charge in [0, 0.05) is 23.9 Å². The summed E-state index contributed by atoms with van der Waals surface area (Å²) in [7, 11) is -4.49. The summed E-state index contributed by atoms with van der Waals surface area (Å²) >= 11 is 0. The Morgan fingerprint density at radius 1 is 1.11 bits per heavy atom. The number of hydrogen-bond donors (Lipinski definition) is 3. The Bertz CT molecular complexity index is 1380. The fourth-order valence-corrected chi connectivity index (χ4v) is 5.01. The van der Waals surface area contributed by atoms with Gasteiger partial charge in [0.15, 0.2) is 5.82 Å². The van der Waals surface area contributed by atoms with E-state index in [9.17, 15) is 26.4 Å². The molecule has 0 spiro atoms. The lowest BCUT2D eigenvalue weighted by Crippen LogP contribution is -2.33. The van der Waals surface area contributed by atoms with Crippen LogP contribution in [0, 0.1) is 0 Å². The zero-order chi connectivity index (χ0) is 26.8. The van der Waals surface area contributed by atoms with Crippen LogP contribution in [0.5, 0.6) is 0 Å². The molecule has 1 aliphatic rings. The Hall–Kier alpha value is -3.38. The highest BCUT2D eigenvalue weighted by molar-refractivity contribution is 7.89. The molecule has 8 nitrogen and oxygen atoms in total. The number of nitrogens with one attached hydrogen (secondary N) is 3. The molecule has 2 aromatic carbocycles. The first-order chi connectivity index (χ1) is 17.4. The molecule has 1 aliphatic carbocycles. The van der Waals surface area contributed by atoms with E-state index in [0.717, 1.165) is 36.5 Å². The first kappa shape index (κ1) is 26.7. The van der Waals surface area contributed by atoms with Crippen LogP contribution in [0.15, 0.2) is 59.6 Å². The van der Waals surface area contributed by atoms with Gasteiger partial charge in [0.1, 0.15) is 6.54 Å². The third-order valence-electron chi connectivity index (χ3n) is 6.17. The predicted molar refractivity (Wildman–Crippen MR) is 135 cm³/mol. The number of carbonyl (C=O) groups is 1. The number of anilines is 2. The van der Waals surface area contributed by atoms with Crippen molar-refractivity contribution >= 4 is 27.6 Å².